The fourth-order valence-corrected chi connectivity index (χ4v) is 3.55. The largest absolute Gasteiger partial charge is 0.497 e. The zero-order valence-electron chi connectivity index (χ0n) is 17.2. The van der Waals surface area contributed by atoms with Gasteiger partial charge in [-0.05, 0) is 29.7 Å². The summed E-state index contributed by atoms with van der Waals surface area (Å²) in [5.41, 5.74) is 1.84. The third-order valence-electron chi connectivity index (χ3n) is 5.20. The molecule has 7 nitrogen and oxygen atoms in total. The van der Waals surface area contributed by atoms with Crippen LogP contribution in [0.5, 0.6) is 5.75 Å². The van der Waals surface area contributed by atoms with Crippen molar-refractivity contribution in [2.75, 3.05) is 20.8 Å². The van der Waals surface area contributed by atoms with Crippen molar-refractivity contribution < 1.29 is 23.9 Å². The number of carbonyl (C=O) groups is 3. The molecule has 30 heavy (non-hydrogen) atoms. The minimum Gasteiger partial charge on any atom is -0.497 e. The van der Waals surface area contributed by atoms with Crippen LogP contribution < -0.4 is 4.74 Å². The van der Waals surface area contributed by atoms with Gasteiger partial charge in [-0.1, -0.05) is 42.5 Å². The smallest absolute Gasteiger partial charge is 0.305 e. The van der Waals surface area contributed by atoms with Crippen LogP contribution in [-0.4, -0.2) is 54.4 Å². The van der Waals surface area contributed by atoms with E-state index >= 15 is 0 Å². The van der Waals surface area contributed by atoms with E-state index in [-0.39, 0.29) is 31.2 Å². The first-order valence-electron chi connectivity index (χ1n) is 9.83. The van der Waals surface area contributed by atoms with Gasteiger partial charge in [0.1, 0.15) is 18.3 Å². The summed E-state index contributed by atoms with van der Waals surface area (Å²) in [7, 11) is 2.91. The molecule has 0 spiro atoms. The molecule has 0 radical (unpaired) electrons. The monoisotopic (exact) mass is 410 g/mol. The van der Waals surface area contributed by atoms with Crippen LogP contribution >= 0.6 is 0 Å². The summed E-state index contributed by atoms with van der Waals surface area (Å²) in [5.74, 6) is 0.0269. The molecule has 1 aliphatic rings. The Bertz CT molecular complexity index is 882. The number of esters is 1. The molecule has 2 aromatic carbocycles. The molecule has 1 fully saturated rings. The van der Waals surface area contributed by atoms with Crippen molar-refractivity contribution >= 4 is 17.8 Å². The van der Waals surface area contributed by atoms with Crippen LogP contribution in [0.2, 0.25) is 0 Å². The Morgan fingerprint density at radius 1 is 0.967 bits per heavy atom. The highest BCUT2D eigenvalue weighted by Crippen LogP contribution is 2.22. The van der Waals surface area contributed by atoms with Crippen molar-refractivity contribution in [3.63, 3.8) is 0 Å². The number of nitrogens with zero attached hydrogens (tertiary/aromatic N) is 2. The number of amides is 2. The summed E-state index contributed by atoms with van der Waals surface area (Å²) in [6, 6.07) is 16.2. The van der Waals surface area contributed by atoms with Crippen molar-refractivity contribution in [1.29, 1.82) is 0 Å². The second kappa shape index (κ2) is 9.91. The van der Waals surface area contributed by atoms with E-state index in [0.29, 0.717) is 13.1 Å². The Morgan fingerprint density at radius 2 is 1.63 bits per heavy atom. The van der Waals surface area contributed by atoms with Crippen molar-refractivity contribution in [2.45, 2.75) is 32.0 Å². The fraction of sp³-hybridized carbons (Fsp3) is 0.348. The maximum absolute atomic E-state index is 13.3. The van der Waals surface area contributed by atoms with Gasteiger partial charge in [-0.2, -0.15) is 0 Å². The first-order chi connectivity index (χ1) is 14.5. The van der Waals surface area contributed by atoms with Gasteiger partial charge in [0.05, 0.1) is 14.2 Å². The summed E-state index contributed by atoms with van der Waals surface area (Å²) in [6.07, 6.45) is 0.297. The summed E-state index contributed by atoms with van der Waals surface area (Å²) >= 11 is 0. The van der Waals surface area contributed by atoms with E-state index < -0.39 is 12.0 Å². The highest BCUT2D eigenvalue weighted by molar-refractivity contribution is 5.95. The highest BCUT2D eigenvalue weighted by Gasteiger charge is 2.39. The molecule has 1 atom stereocenters. The average Bonchev–Trinajstić information content (AvgIpc) is 2.77. The predicted molar refractivity (Wildman–Crippen MR) is 110 cm³/mol. The number of hydrogen-bond acceptors (Lipinski definition) is 5. The fourth-order valence-electron chi connectivity index (χ4n) is 3.55. The third kappa shape index (κ3) is 5.17. The Labute approximate surface area is 176 Å². The van der Waals surface area contributed by atoms with Gasteiger partial charge in [-0.25, -0.2) is 0 Å². The average molecular weight is 410 g/mol. The molecule has 1 aliphatic heterocycles. The van der Waals surface area contributed by atoms with Crippen molar-refractivity contribution in [3.05, 3.63) is 65.7 Å². The lowest BCUT2D eigenvalue weighted by atomic mass is 10.0. The maximum Gasteiger partial charge on any atom is 0.305 e. The van der Waals surface area contributed by atoms with E-state index in [1.807, 2.05) is 54.6 Å². The van der Waals surface area contributed by atoms with Gasteiger partial charge >= 0.3 is 5.97 Å². The number of methoxy groups -OCH3 is 2. The standard InChI is InChI=1S/C23H26N2O5/c1-29-19-10-8-18(9-11-19)14-24-16-21(26)25(15-17-6-4-3-5-7-17)20(23(24)28)12-13-22(27)30-2/h3-11,20H,12-16H2,1-2H3/t20-/m0/s1. The Balaban J connectivity index is 1.78. The summed E-state index contributed by atoms with van der Waals surface area (Å²) < 4.78 is 9.89. The van der Waals surface area contributed by atoms with E-state index in [1.165, 1.54) is 7.11 Å². The zero-order chi connectivity index (χ0) is 21.5. The molecule has 0 N–H and O–H groups in total. The quantitative estimate of drug-likeness (QED) is 0.625. The van der Waals surface area contributed by atoms with Crippen LogP contribution in [0.15, 0.2) is 54.6 Å². The van der Waals surface area contributed by atoms with E-state index in [0.717, 1.165) is 16.9 Å². The zero-order valence-corrected chi connectivity index (χ0v) is 17.2. The minimum atomic E-state index is -0.705. The van der Waals surface area contributed by atoms with Crippen molar-refractivity contribution in [2.24, 2.45) is 0 Å². The molecule has 0 bridgehead atoms. The highest BCUT2D eigenvalue weighted by atomic mass is 16.5. The Morgan fingerprint density at radius 3 is 2.27 bits per heavy atom. The minimum absolute atomic E-state index is 0.00637. The molecule has 1 saturated heterocycles. The van der Waals surface area contributed by atoms with Gasteiger partial charge in [0.2, 0.25) is 11.8 Å². The van der Waals surface area contributed by atoms with Crippen LogP contribution in [0.4, 0.5) is 0 Å². The number of benzene rings is 2. The van der Waals surface area contributed by atoms with Crippen LogP contribution in [0, 0.1) is 0 Å². The number of piperazine rings is 1. The molecule has 1 heterocycles. The summed E-state index contributed by atoms with van der Waals surface area (Å²) in [4.78, 5) is 41.0. The lowest BCUT2D eigenvalue weighted by Gasteiger charge is -2.40. The molecular formula is C23H26N2O5. The third-order valence-corrected chi connectivity index (χ3v) is 5.20. The molecule has 3 rings (SSSR count). The van der Waals surface area contributed by atoms with E-state index in [2.05, 4.69) is 0 Å². The van der Waals surface area contributed by atoms with Crippen LogP contribution in [-0.2, 0) is 32.2 Å². The van der Waals surface area contributed by atoms with E-state index in [4.69, 9.17) is 9.47 Å². The lowest BCUT2D eigenvalue weighted by molar-refractivity contribution is -0.158. The first kappa shape index (κ1) is 21.4. The number of rotatable bonds is 8. The molecule has 0 unspecified atom stereocenters. The number of hydrogen-bond donors (Lipinski definition) is 0. The molecular weight excluding hydrogens is 384 g/mol. The molecule has 0 aromatic heterocycles. The molecule has 0 saturated carbocycles. The normalized spacial score (nSPS) is 16.5. The van der Waals surface area contributed by atoms with Crippen LogP contribution in [0.25, 0.3) is 0 Å². The second-order valence-corrected chi connectivity index (χ2v) is 7.18. The number of carbonyl (C=O) groups excluding carboxylic acids is 3. The first-order valence-corrected chi connectivity index (χ1v) is 9.83. The second-order valence-electron chi connectivity index (χ2n) is 7.18. The number of ether oxygens (including phenoxy) is 2. The Kier molecular flexibility index (Phi) is 7.06. The van der Waals surface area contributed by atoms with Gasteiger partial charge < -0.3 is 19.3 Å². The van der Waals surface area contributed by atoms with Gasteiger partial charge in [0, 0.05) is 19.5 Å². The summed E-state index contributed by atoms with van der Waals surface area (Å²) in [5, 5.41) is 0. The van der Waals surface area contributed by atoms with Gasteiger partial charge in [0.25, 0.3) is 0 Å². The molecule has 2 aromatic rings. The van der Waals surface area contributed by atoms with Crippen molar-refractivity contribution in [3.8, 4) is 5.75 Å². The SMILES string of the molecule is COC(=O)CC[C@H]1C(=O)N(Cc2ccc(OC)cc2)CC(=O)N1Cc1ccccc1. The van der Waals surface area contributed by atoms with E-state index in [9.17, 15) is 14.4 Å². The van der Waals surface area contributed by atoms with Crippen molar-refractivity contribution in [1.82, 2.24) is 9.80 Å². The van der Waals surface area contributed by atoms with Crippen LogP contribution in [0.3, 0.4) is 0 Å². The van der Waals surface area contributed by atoms with E-state index in [1.54, 1.807) is 16.9 Å². The summed E-state index contributed by atoms with van der Waals surface area (Å²) in [6.45, 7) is 0.655. The van der Waals surface area contributed by atoms with Crippen LogP contribution in [0.1, 0.15) is 24.0 Å². The van der Waals surface area contributed by atoms with Gasteiger partial charge in [-0.15, -0.1) is 0 Å². The topological polar surface area (TPSA) is 76.1 Å². The maximum atomic E-state index is 13.3. The Hall–Kier alpha value is -3.35. The molecule has 2 amide bonds. The lowest BCUT2D eigenvalue weighted by Crippen LogP contribution is -2.59. The molecule has 0 aliphatic carbocycles. The molecule has 158 valence electrons. The van der Waals surface area contributed by atoms with Gasteiger partial charge in [0.15, 0.2) is 0 Å². The molecule has 7 heteroatoms. The predicted octanol–water partition coefficient (Wildman–Crippen LogP) is 2.39. The van der Waals surface area contributed by atoms with Gasteiger partial charge in [-0.3, -0.25) is 14.4 Å².